The number of hydrogen-bond acceptors (Lipinski definition) is 3. The molecule has 1 aromatic carbocycles. The molecule has 7 heteroatoms. The van der Waals surface area contributed by atoms with Gasteiger partial charge in [-0.3, -0.25) is 0 Å². The van der Waals surface area contributed by atoms with E-state index in [0.29, 0.717) is 0 Å². The van der Waals surface area contributed by atoms with Crippen LogP contribution in [0, 0.1) is 11.3 Å². The maximum Gasteiger partial charge on any atom is 0.475 e. The standard InChI is InChI=1S/C8H5F3N2OS/c9-8(10,11)15(14)6-2-1-5(4-12)7(13)3-6/h1-3H,13H2. The summed E-state index contributed by atoms with van der Waals surface area (Å²) in [4.78, 5) is -0.459. The van der Waals surface area contributed by atoms with E-state index >= 15 is 0 Å². The molecule has 0 saturated heterocycles. The highest BCUT2D eigenvalue weighted by atomic mass is 32.2. The van der Waals surface area contributed by atoms with E-state index < -0.39 is 21.2 Å². The summed E-state index contributed by atoms with van der Waals surface area (Å²) in [6.07, 6.45) is 0. The van der Waals surface area contributed by atoms with Crippen LogP contribution in [0.25, 0.3) is 0 Å². The second-order valence-electron chi connectivity index (χ2n) is 2.58. The molecular formula is C8H5F3N2OS. The quantitative estimate of drug-likeness (QED) is 0.753. The van der Waals surface area contributed by atoms with Crippen molar-refractivity contribution in [3.8, 4) is 6.07 Å². The third kappa shape index (κ3) is 2.47. The zero-order chi connectivity index (χ0) is 11.6. The number of anilines is 1. The van der Waals surface area contributed by atoms with Crippen LogP contribution in [0.1, 0.15) is 5.56 Å². The van der Waals surface area contributed by atoms with Gasteiger partial charge in [0.2, 0.25) is 0 Å². The summed E-state index contributed by atoms with van der Waals surface area (Å²) in [5.41, 5.74) is 0.405. The Kier molecular flexibility index (Phi) is 3.00. The van der Waals surface area contributed by atoms with Crippen molar-refractivity contribution in [3.05, 3.63) is 23.8 Å². The van der Waals surface area contributed by atoms with Crippen LogP contribution in [0.5, 0.6) is 0 Å². The molecule has 0 aliphatic rings. The number of nitrogens with two attached hydrogens (primary N) is 1. The number of nitrogen functional groups attached to an aromatic ring is 1. The highest BCUT2D eigenvalue weighted by Crippen LogP contribution is 2.27. The summed E-state index contributed by atoms with van der Waals surface area (Å²) in [7, 11) is -3.11. The van der Waals surface area contributed by atoms with Crippen LogP contribution in [0.15, 0.2) is 23.1 Å². The predicted molar refractivity (Wildman–Crippen MR) is 48.0 cm³/mol. The minimum Gasteiger partial charge on any atom is -0.398 e. The fourth-order valence-electron chi connectivity index (χ4n) is 0.892. The van der Waals surface area contributed by atoms with E-state index in [1.165, 1.54) is 0 Å². The van der Waals surface area contributed by atoms with E-state index in [0.717, 1.165) is 18.2 Å². The molecule has 15 heavy (non-hydrogen) atoms. The molecule has 1 aromatic rings. The number of hydrogen-bond donors (Lipinski definition) is 1. The first kappa shape index (κ1) is 11.5. The van der Waals surface area contributed by atoms with Gasteiger partial charge in [0.15, 0.2) is 10.8 Å². The molecule has 0 spiro atoms. The van der Waals surface area contributed by atoms with E-state index in [-0.39, 0.29) is 11.3 Å². The van der Waals surface area contributed by atoms with Gasteiger partial charge in [-0.2, -0.15) is 18.4 Å². The van der Waals surface area contributed by atoms with Crippen molar-refractivity contribution in [2.24, 2.45) is 0 Å². The highest BCUT2D eigenvalue weighted by molar-refractivity contribution is 7.86. The van der Waals surface area contributed by atoms with Crippen molar-refractivity contribution in [1.82, 2.24) is 0 Å². The van der Waals surface area contributed by atoms with Crippen molar-refractivity contribution in [2.75, 3.05) is 5.73 Å². The molecule has 0 saturated carbocycles. The number of benzene rings is 1. The number of alkyl halides is 3. The summed E-state index contributed by atoms with van der Waals surface area (Å²) in [6.45, 7) is 0. The Morgan fingerprint density at radius 3 is 2.40 bits per heavy atom. The molecule has 0 radical (unpaired) electrons. The first-order chi connectivity index (χ1) is 6.86. The van der Waals surface area contributed by atoms with E-state index in [4.69, 9.17) is 11.0 Å². The van der Waals surface area contributed by atoms with Gasteiger partial charge in [-0.15, -0.1) is 0 Å². The second kappa shape index (κ2) is 3.90. The molecule has 0 aliphatic carbocycles. The normalized spacial score (nSPS) is 13.2. The highest BCUT2D eigenvalue weighted by Gasteiger charge is 2.38. The van der Waals surface area contributed by atoms with Crippen LogP contribution in [-0.4, -0.2) is 9.72 Å². The van der Waals surface area contributed by atoms with Crippen molar-refractivity contribution in [3.63, 3.8) is 0 Å². The Morgan fingerprint density at radius 2 is 2.00 bits per heavy atom. The summed E-state index contributed by atoms with van der Waals surface area (Å²) in [5, 5.41) is 8.48. The minimum absolute atomic E-state index is 0.0536. The van der Waals surface area contributed by atoms with Gasteiger partial charge in [-0.1, -0.05) is 0 Å². The minimum atomic E-state index is -4.82. The van der Waals surface area contributed by atoms with E-state index in [2.05, 4.69) is 0 Å². The maximum atomic E-state index is 12.0. The first-order valence-electron chi connectivity index (χ1n) is 3.64. The van der Waals surface area contributed by atoms with Gasteiger partial charge in [0.25, 0.3) is 0 Å². The molecule has 1 atom stereocenters. The van der Waals surface area contributed by atoms with Gasteiger partial charge < -0.3 is 5.73 Å². The Bertz CT molecular complexity index is 450. The van der Waals surface area contributed by atoms with E-state index in [1.54, 1.807) is 6.07 Å². The van der Waals surface area contributed by atoms with Crippen LogP contribution in [0.4, 0.5) is 18.9 Å². The Balaban J connectivity index is 3.15. The maximum absolute atomic E-state index is 12.0. The van der Waals surface area contributed by atoms with Crippen molar-refractivity contribution < 1.29 is 17.4 Å². The van der Waals surface area contributed by atoms with Gasteiger partial charge in [0.05, 0.1) is 11.3 Å². The summed E-state index contributed by atoms with van der Waals surface area (Å²) >= 11 is 0. The molecule has 0 aromatic heterocycles. The van der Waals surface area contributed by atoms with E-state index in [9.17, 15) is 17.4 Å². The largest absolute Gasteiger partial charge is 0.475 e. The van der Waals surface area contributed by atoms with Gasteiger partial charge in [0, 0.05) is 4.90 Å². The third-order valence-corrected chi connectivity index (χ3v) is 2.67. The van der Waals surface area contributed by atoms with Crippen LogP contribution >= 0.6 is 0 Å². The monoisotopic (exact) mass is 234 g/mol. The molecule has 0 heterocycles. The van der Waals surface area contributed by atoms with Crippen LogP contribution < -0.4 is 5.73 Å². The lowest BCUT2D eigenvalue weighted by atomic mass is 10.2. The number of halogens is 3. The first-order valence-corrected chi connectivity index (χ1v) is 4.79. The SMILES string of the molecule is N#Cc1ccc(S(=O)C(F)(F)F)cc1N. The van der Waals surface area contributed by atoms with Gasteiger partial charge in [-0.25, -0.2) is 4.21 Å². The topological polar surface area (TPSA) is 66.9 Å². The fraction of sp³-hybridized carbons (Fsp3) is 0.125. The Morgan fingerprint density at radius 1 is 1.40 bits per heavy atom. The lowest BCUT2D eigenvalue weighted by Crippen LogP contribution is -2.16. The van der Waals surface area contributed by atoms with Crippen molar-refractivity contribution in [1.29, 1.82) is 5.26 Å². The molecule has 0 amide bonds. The molecule has 0 fully saturated rings. The van der Waals surface area contributed by atoms with Gasteiger partial charge in [-0.05, 0) is 18.2 Å². The van der Waals surface area contributed by atoms with Crippen LogP contribution in [0.2, 0.25) is 0 Å². The fourth-order valence-corrected chi connectivity index (χ4v) is 1.58. The molecule has 0 aliphatic heterocycles. The summed E-state index contributed by atoms with van der Waals surface area (Å²) in [5.74, 6) is 0. The molecule has 1 rings (SSSR count). The number of nitriles is 1. The summed E-state index contributed by atoms with van der Waals surface area (Å²) < 4.78 is 47.0. The van der Waals surface area contributed by atoms with Gasteiger partial charge >= 0.3 is 5.51 Å². The van der Waals surface area contributed by atoms with Crippen LogP contribution in [-0.2, 0) is 10.8 Å². The Hall–Kier alpha value is -1.55. The number of nitrogens with zero attached hydrogens (tertiary/aromatic N) is 1. The zero-order valence-corrected chi connectivity index (χ0v) is 8.02. The molecule has 80 valence electrons. The van der Waals surface area contributed by atoms with Crippen molar-refractivity contribution in [2.45, 2.75) is 10.4 Å². The van der Waals surface area contributed by atoms with E-state index in [1.807, 2.05) is 0 Å². The second-order valence-corrected chi connectivity index (χ2v) is 4.05. The lowest BCUT2D eigenvalue weighted by molar-refractivity contribution is -0.0384. The average Bonchev–Trinajstić information content (AvgIpc) is 2.15. The van der Waals surface area contributed by atoms with Crippen molar-refractivity contribution >= 4 is 16.5 Å². The molecule has 3 nitrogen and oxygen atoms in total. The average molecular weight is 234 g/mol. The van der Waals surface area contributed by atoms with Crippen LogP contribution in [0.3, 0.4) is 0 Å². The Labute approximate surface area is 85.8 Å². The molecule has 0 bridgehead atoms. The predicted octanol–water partition coefficient (Wildman–Crippen LogP) is 1.77. The lowest BCUT2D eigenvalue weighted by Gasteiger charge is -2.06. The summed E-state index contributed by atoms with van der Waals surface area (Å²) in [6, 6.07) is 4.66. The van der Waals surface area contributed by atoms with Gasteiger partial charge in [0.1, 0.15) is 6.07 Å². The smallest absolute Gasteiger partial charge is 0.398 e. The molecule has 2 N–H and O–H groups in total. The number of rotatable bonds is 1. The third-order valence-electron chi connectivity index (χ3n) is 1.57. The molecular weight excluding hydrogens is 229 g/mol. The zero-order valence-electron chi connectivity index (χ0n) is 7.21. The molecule has 1 unspecified atom stereocenters.